The summed E-state index contributed by atoms with van der Waals surface area (Å²) in [5.74, 6) is -0.104. The van der Waals surface area contributed by atoms with Gasteiger partial charge in [-0.15, -0.1) is 0 Å². The Morgan fingerprint density at radius 2 is 2.36 bits per heavy atom. The summed E-state index contributed by atoms with van der Waals surface area (Å²) in [7, 11) is -3.49. The number of hydrogen-bond acceptors (Lipinski definition) is 6. The smallest absolute Gasteiger partial charge is 0.232 e. The molecule has 1 atom stereocenters. The molecule has 1 saturated heterocycles. The quantitative estimate of drug-likeness (QED) is 0.438. The van der Waals surface area contributed by atoms with Crippen molar-refractivity contribution in [3.05, 3.63) is 0 Å². The van der Waals surface area contributed by atoms with Crippen LogP contribution in [0.4, 0.5) is 0 Å². The van der Waals surface area contributed by atoms with Gasteiger partial charge in [0.15, 0.2) is 0 Å². The Morgan fingerprint density at radius 1 is 1.64 bits per heavy atom. The Labute approximate surface area is 64.0 Å². The van der Waals surface area contributed by atoms with Crippen molar-refractivity contribution in [1.29, 1.82) is 0 Å². The Morgan fingerprint density at radius 3 is 2.82 bits per heavy atom. The van der Waals surface area contributed by atoms with Gasteiger partial charge >= 0.3 is 0 Å². The zero-order valence-electron chi connectivity index (χ0n) is 5.85. The summed E-state index contributed by atoms with van der Waals surface area (Å²) in [5.41, 5.74) is 0. The Kier molecular flexibility index (Phi) is 2.79. The maximum absolute atomic E-state index is 10.7. The van der Waals surface area contributed by atoms with Crippen LogP contribution >= 0.6 is 0 Å². The van der Waals surface area contributed by atoms with Gasteiger partial charge in [-0.2, -0.15) is 13.3 Å². The second-order valence-corrected chi connectivity index (χ2v) is 3.71. The van der Waals surface area contributed by atoms with Crippen LogP contribution < -0.4 is 0 Å². The van der Waals surface area contributed by atoms with Crippen molar-refractivity contribution in [2.45, 2.75) is 13.2 Å². The minimum atomic E-state index is -3.49. The molecule has 6 nitrogen and oxygen atoms in total. The van der Waals surface area contributed by atoms with Gasteiger partial charge in [-0.3, -0.25) is 0 Å². The molecule has 11 heavy (non-hydrogen) atoms. The van der Waals surface area contributed by atoms with E-state index in [4.69, 9.17) is 0 Å². The molecule has 1 aliphatic rings. The molecule has 7 heteroatoms. The molecule has 1 fully saturated rings. The third-order valence-electron chi connectivity index (χ3n) is 1.01. The molecule has 1 aliphatic heterocycles. The van der Waals surface area contributed by atoms with Gasteiger partial charge in [0.25, 0.3) is 10.1 Å². The predicted octanol–water partition coefficient (Wildman–Crippen LogP) is -0.428. The summed E-state index contributed by atoms with van der Waals surface area (Å²) < 4.78 is 25.9. The van der Waals surface area contributed by atoms with Crippen LogP contribution in [0, 0.1) is 0 Å². The second-order valence-electron chi connectivity index (χ2n) is 1.82. The molecule has 1 heterocycles. The van der Waals surface area contributed by atoms with Crippen molar-refractivity contribution < 1.29 is 27.4 Å². The van der Waals surface area contributed by atoms with E-state index in [1.807, 2.05) is 0 Å². The van der Waals surface area contributed by atoms with Crippen molar-refractivity contribution >= 4 is 10.1 Å². The third kappa shape index (κ3) is 2.72. The van der Waals surface area contributed by atoms with Gasteiger partial charge in [0.2, 0.25) is 6.29 Å². The van der Waals surface area contributed by atoms with Gasteiger partial charge in [0.05, 0.1) is 5.75 Å². The molecule has 0 N–H and O–H groups in total. The molecule has 0 spiro atoms. The Hall–Kier alpha value is -0.210. The van der Waals surface area contributed by atoms with Gasteiger partial charge < -0.3 is 0 Å². The van der Waals surface area contributed by atoms with Gasteiger partial charge in [0, 0.05) is 0 Å². The Bertz CT molecular complexity index is 203. The van der Waals surface area contributed by atoms with E-state index in [0.29, 0.717) is 0 Å². The fraction of sp³-hybridized carbons (Fsp3) is 1.00. The third-order valence-corrected chi connectivity index (χ3v) is 2.22. The van der Waals surface area contributed by atoms with E-state index < -0.39 is 16.4 Å². The van der Waals surface area contributed by atoms with Crippen molar-refractivity contribution in [2.24, 2.45) is 0 Å². The molecule has 1 rings (SSSR count). The summed E-state index contributed by atoms with van der Waals surface area (Å²) in [6.07, 6.45) is -0.972. The van der Waals surface area contributed by atoms with Crippen molar-refractivity contribution in [3.63, 3.8) is 0 Å². The average molecular weight is 184 g/mol. The molecule has 0 aromatic rings. The van der Waals surface area contributed by atoms with E-state index in [9.17, 15) is 8.42 Å². The van der Waals surface area contributed by atoms with Gasteiger partial charge in [-0.1, -0.05) is 5.04 Å². The molecule has 66 valence electrons. The first kappa shape index (κ1) is 8.88. The topological polar surface area (TPSA) is 71.1 Å². The molecule has 0 aromatic heterocycles. The summed E-state index contributed by atoms with van der Waals surface area (Å²) in [6.45, 7) is 1.42. The zero-order chi connectivity index (χ0) is 8.32. The molecule has 0 aromatic carbocycles. The first-order chi connectivity index (χ1) is 5.14. The monoisotopic (exact) mass is 184 g/mol. The molecule has 0 saturated carbocycles. The molecular weight excluding hydrogens is 176 g/mol. The van der Waals surface area contributed by atoms with Crippen LogP contribution in [0.25, 0.3) is 0 Å². The maximum Gasteiger partial charge on any atom is 0.269 e. The maximum atomic E-state index is 10.7. The lowest BCUT2D eigenvalue weighted by Gasteiger charge is -2.04. The highest BCUT2D eigenvalue weighted by Gasteiger charge is 2.25. The van der Waals surface area contributed by atoms with Crippen LogP contribution in [0.2, 0.25) is 0 Å². The van der Waals surface area contributed by atoms with Gasteiger partial charge in [-0.05, 0) is 6.92 Å². The summed E-state index contributed by atoms with van der Waals surface area (Å²) in [4.78, 5) is 8.50. The van der Waals surface area contributed by atoms with Crippen molar-refractivity contribution in [1.82, 2.24) is 0 Å². The largest absolute Gasteiger partial charge is 0.269 e. The van der Waals surface area contributed by atoms with E-state index in [1.54, 1.807) is 0 Å². The molecule has 1 unspecified atom stereocenters. The molecule has 0 aliphatic carbocycles. The fourth-order valence-corrected chi connectivity index (χ4v) is 1.01. The lowest BCUT2D eigenvalue weighted by atomic mass is 10.7. The molecule has 0 bridgehead atoms. The zero-order valence-corrected chi connectivity index (χ0v) is 6.67. The SMILES string of the molecule is CCS(=O)(=O)OC1COOO1. The van der Waals surface area contributed by atoms with Crippen LogP contribution in [0.3, 0.4) is 0 Å². The standard InChI is InChI=1S/C4H8O6S/c1-2-11(5,6)9-4-3-7-10-8-4/h4H,2-3H2,1H3. The second kappa shape index (κ2) is 3.46. The lowest BCUT2D eigenvalue weighted by molar-refractivity contribution is -0.468. The van der Waals surface area contributed by atoms with E-state index >= 15 is 0 Å². The normalized spacial score (nSPS) is 25.7. The first-order valence-electron chi connectivity index (χ1n) is 3.00. The molecule has 0 radical (unpaired) electrons. The number of hydrogen-bond donors (Lipinski definition) is 0. The lowest BCUT2D eigenvalue weighted by Crippen LogP contribution is -2.20. The van der Waals surface area contributed by atoms with Crippen molar-refractivity contribution in [3.8, 4) is 0 Å². The average Bonchev–Trinajstić information content (AvgIpc) is 2.39. The van der Waals surface area contributed by atoms with Gasteiger partial charge in [-0.25, -0.2) is 9.07 Å². The van der Waals surface area contributed by atoms with E-state index in [-0.39, 0.29) is 12.4 Å². The van der Waals surface area contributed by atoms with Crippen molar-refractivity contribution in [2.75, 3.05) is 12.4 Å². The minimum Gasteiger partial charge on any atom is -0.232 e. The first-order valence-corrected chi connectivity index (χ1v) is 4.57. The highest BCUT2D eigenvalue weighted by Crippen LogP contribution is 2.09. The van der Waals surface area contributed by atoms with Crippen LogP contribution in [-0.2, 0) is 29.1 Å². The van der Waals surface area contributed by atoms with Crippen LogP contribution in [0.1, 0.15) is 6.92 Å². The fourth-order valence-electron chi connectivity index (χ4n) is 0.458. The summed E-state index contributed by atoms with van der Waals surface area (Å²) in [6, 6.07) is 0. The van der Waals surface area contributed by atoms with Crippen LogP contribution in [0.5, 0.6) is 0 Å². The summed E-state index contributed by atoms with van der Waals surface area (Å²) in [5, 5.41) is 3.96. The summed E-state index contributed by atoms with van der Waals surface area (Å²) >= 11 is 0. The van der Waals surface area contributed by atoms with E-state index in [0.717, 1.165) is 0 Å². The molecular formula is C4H8O6S. The number of rotatable bonds is 3. The minimum absolute atomic E-state index is 0.0424. The predicted molar refractivity (Wildman–Crippen MR) is 32.5 cm³/mol. The van der Waals surface area contributed by atoms with E-state index in [2.05, 4.69) is 19.0 Å². The van der Waals surface area contributed by atoms with E-state index in [1.165, 1.54) is 6.92 Å². The van der Waals surface area contributed by atoms with Crippen LogP contribution in [-0.4, -0.2) is 27.1 Å². The highest BCUT2D eigenvalue weighted by atomic mass is 32.2. The Balaban J connectivity index is 2.41. The van der Waals surface area contributed by atoms with Crippen LogP contribution in [0.15, 0.2) is 0 Å². The van der Waals surface area contributed by atoms with Gasteiger partial charge in [0.1, 0.15) is 6.61 Å². The highest BCUT2D eigenvalue weighted by molar-refractivity contribution is 7.86. The molecule has 0 amide bonds.